The lowest BCUT2D eigenvalue weighted by molar-refractivity contribution is 0.627. The summed E-state index contributed by atoms with van der Waals surface area (Å²) in [6.07, 6.45) is 5.67. The van der Waals surface area contributed by atoms with E-state index in [-0.39, 0.29) is 0 Å². The van der Waals surface area contributed by atoms with Crippen LogP contribution < -0.4 is 5.32 Å². The molecule has 1 N–H and O–H groups in total. The van der Waals surface area contributed by atoms with Crippen LogP contribution in [0.4, 0.5) is 0 Å². The maximum atomic E-state index is 3.50. The minimum atomic E-state index is 0.560. The Labute approximate surface area is 81.0 Å². The van der Waals surface area contributed by atoms with Crippen molar-refractivity contribution in [1.29, 1.82) is 0 Å². The van der Waals surface area contributed by atoms with Gasteiger partial charge >= 0.3 is 0 Å². The van der Waals surface area contributed by atoms with E-state index in [1.807, 2.05) is 11.8 Å². The predicted octanol–water partition coefficient (Wildman–Crippen LogP) is 2.68. The molecule has 0 aliphatic rings. The molecule has 0 aliphatic heterocycles. The number of rotatable bonds is 6. The molecule has 72 valence electrons. The highest BCUT2D eigenvalue weighted by atomic mass is 32.2. The molecule has 1 nitrogen and oxygen atoms in total. The van der Waals surface area contributed by atoms with Crippen molar-refractivity contribution in [2.75, 3.05) is 18.6 Å². The molecule has 1 atom stereocenters. The first-order valence-corrected chi connectivity index (χ1v) is 5.97. The van der Waals surface area contributed by atoms with Crippen LogP contribution in [-0.2, 0) is 0 Å². The van der Waals surface area contributed by atoms with Crippen molar-refractivity contribution < 1.29 is 0 Å². The lowest BCUT2D eigenvalue weighted by Crippen LogP contribution is -2.30. The molecular formula is C10H21NS. The standard InChI is InChI=1S/C10H21NS/c1-5-6-11-10(8-12-4)7-9(2)3/h7,10-11H,5-6,8H2,1-4H3. The van der Waals surface area contributed by atoms with Gasteiger partial charge in [-0.25, -0.2) is 0 Å². The smallest absolute Gasteiger partial charge is 0.0343 e. The van der Waals surface area contributed by atoms with Gasteiger partial charge in [-0.05, 0) is 33.1 Å². The van der Waals surface area contributed by atoms with Gasteiger partial charge in [0.15, 0.2) is 0 Å². The maximum absolute atomic E-state index is 3.50. The third-order valence-electron chi connectivity index (χ3n) is 1.54. The third-order valence-corrected chi connectivity index (χ3v) is 2.23. The minimum Gasteiger partial charge on any atom is -0.310 e. The van der Waals surface area contributed by atoms with E-state index >= 15 is 0 Å². The summed E-state index contributed by atoms with van der Waals surface area (Å²) in [5.41, 5.74) is 1.40. The molecule has 0 radical (unpaired) electrons. The van der Waals surface area contributed by atoms with Crippen molar-refractivity contribution in [2.24, 2.45) is 0 Å². The molecule has 1 unspecified atom stereocenters. The molecule has 2 heteroatoms. The summed E-state index contributed by atoms with van der Waals surface area (Å²) in [4.78, 5) is 0. The van der Waals surface area contributed by atoms with Gasteiger partial charge in [0.05, 0.1) is 0 Å². The monoisotopic (exact) mass is 187 g/mol. The van der Waals surface area contributed by atoms with E-state index in [9.17, 15) is 0 Å². The molecule has 0 bridgehead atoms. The Kier molecular flexibility index (Phi) is 7.72. The van der Waals surface area contributed by atoms with E-state index in [1.165, 1.54) is 17.7 Å². The van der Waals surface area contributed by atoms with Gasteiger partial charge in [0.2, 0.25) is 0 Å². The minimum absolute atomic E-state index is 0.560. The van der Waals surface area contributed by atoms with E-state index in [0.717, 1.165) is 6.54 Å². The van der Waals surface area contributed by atoms with E-state index in [1.54, 1.807) is 0 Å². The Morgan fingerprint density at radius 1 is 1.50 bits per heavy atom. The van der Waals surface area contributed by atoms with Crippen LogP contribution in [0.1, 0.15) is 27.2 Å². The van der Waals surface area contributed by atoms with Crippen LogP contribution in [0.3, 0.4) is 0 Å². The highest BCUT2D eigenvalue weighted by molar-refractivity contribution is 7.98. The van der Waals surface area contributed by atoms with Crippen LogP contribution in [-0.4, -0.2) is 24.6 Å². The molecule has 12 heavy (non-hydrogen) atoms. The molecular weight excluding hydrogens is 166 g/mol. The van der Waals surface area contributed by atoms with Crippen LogP contribution in [0.15, 0.2) is 11.6 Å². The Hall–Kier alpha value is 0.0500. The second kappa shape index (κ2) is 7.69. The van der Waals surface area contributed by atoms with E-state index in [2.05, 4.69) is 38.4 Å². The highest BCUT2D eigenvalue weighted by Crippen LogP contribution is 2.02. The molecule has 0 amide bonds. The van der Waals surface area contributed by atoms with Crippen molar-refractivity contribution >= 4 is 11.8 Å². The number of thioether (sulfide) groups is 1. The second-order valence-corrected chi connectivity index (χ2v) is 4.17. The van der Waals surface area contributed by atoms with Gasteiger partial charge in [-0.2, -0.15) is 11.8 Å². The van der Waals surface area contributed by atoms with Crippen LogP contribution in [0.2, 0.25) is 0 Å². The summed E-state index contributed by atoms with van der Waals surface area (Å²) in [5, 5.41) is 3.50. The van der Waals surface area contributed by atoms with Gasteiger partial charge < -0.3 is 5.32 Å². The Balaban J connectivity index is 3.78. The Morgan fingerprint density at radius 2 is 2.17 bits per heavy atom. The molecule has 0 saturated carbocycles. The fourth-order valence-corrected chi connectivity index (χ4v) is 1.65. The molecule has 0 saturated heterocycles. The molecule has 0 aromatic carbocycles. The van der Waals surface area contributed by atoms with Crippen molar-refractivity contribution in [2.45, 2.75) is 33.2 Å². The van der Waals surface area contributed by atoms with Gasteiger partial charge in [0.1, 0.15) is 0 Å². The zero-order valence-electron chi connectivity index (χ0n) is 8.68. The molecule has 0 aromatic heterocycles. The molecule has 0 rings (SSSR count). The SMILES string of the molecule is CCCNC(C=C(C)C)CSC. The fraction of sp³-hybridized carbons (Fsp3) is 0.800. The molecule has 0 fully saturated rings. The zero-order chi connectivity index (χ0) is 9.40. The van der Waals surface area contributed by atoms with Gasteiger partial charge in [0, 0.05) is 11.8 Å². The van der Waals surface area contributed by atoms with Crippen molar-refractivity contribution in [3.8, 4) is 0 Å². The van der Waals surface area contributed by atoms with Gasteiger partial charge in [-0.15, -0.1) is 0 Å². The molecule has 0 aliphatic carbocycles. The number of hydrogen-bond donors (Lipinski definition) is 1. The second-order valence-electron chi connectivity index (χ2n) is 3.26. The summed E-state index contributed by atoms with van der Waals surface area (Å²) in [7, 11) is 0. The summed E-state index contributed by atoms with van der Waals surface area (Å²) in [5.74, 6) is 1.17. The van der Waals surface area contributed by atoms with Gasteiger partial charge in [0.25, 0.3) is 0 Å². The van der Waals surface area contributed by atoms with Crippen molar-refractivity contribution in [3.63, 3.8) is 0 Å². The Morgan fingerprint density at radius 3 is 2.58 bits per heavy atom. The van der Waals surface area contributed by atoms with Crippen molar-refractivity contribution in [1.82, 2.24) is 5.32 Å². The summed E-state index contributed by atoms with van der Waals surface area (Å²) in [6, 6.07) is 0.560. The normalized spacial score (nSPS) is 12.7. The number of nitrogens with one attached hydrogen (secondary N) is 1. The first-order valence-electron chi connectivity index (χ1n) is 4.58. The van der Waals surface area contributed by atoms with E-state index < -0.39 is 0 Å². The topological polar surface area (TPSA) is 12.0 Å². The van der Waals surface area contributed by atoms with Gasteiger partial charge in [-0.3, -0.25) is 0 Å². The van der Waals surface area contributed by atoms with Gasteiger partial charge in [-0.1, -0.05) is 18.6 Å². The average Bonchev–Trinajstić information content (AvgIpc) is 2.00. The fourth-order valence-electron chi connectivity index (χ4n) is 1.08. The maximum Gasteiger partial charge on any atom is 0.0343 e. The quantitative estimate of drug-likeness (QED) is 0.642. The van der Waals surface area contributed by atoms with Crippen LogP contribution in [0, 0.1) is 0 Å². The largest absolute Gasteiger partial charge is 0.310 e. The van der Waals surface area contributed by atoms with Crippen molar-refractivity contribution in [3.05, 3.63) is 11.6 Å². The summed E-state index contributed by atoms with van der Waals surface area (Å²) >= 11 is 1.90. The Bertz CT molecular complexity index is 128. The first-order chi connectivity index (χ1) is 5.70. The lowest BCUT2D eigenvalue weighted by Gasteiger charge is -2.13. The average molecular weight is 187 g/mol. The molecule has 0 aromatic rings. The molecule has 0 heterocycles. The first kappa shape index (κ1) is 12.0. The van der Waals surface area contributed by atoms with Crippen LogP contribution in [0.25, 0.3) is 0 Å². The van der Waals surface area contributed by atoms with E-state index in [0.29, 0.717) is 6.04 Å². The van der Waals surface area contributed by atoms with Crippen LogP contribution in [0.5, 0.6) is 0 Å². The summed E-state index contributed by atoms with van der Waals surface area (Å²) in [6.45, 7) is 7.63. The number of allylic oxidation sites excluding steroid dienone is 1. The lowest BCUT2D eigenvalue weighted by atomic mass is 10.2. The van der Waals surface area contributed by atoms with E-state index in [4.69, 9.17) is 0 Å². The highest BCUT2D eigenvalue weighted by Gasteiger charge is 2.01. The number of hydrogen-bond acceptors (Lipinski definition) is 2. The zero-order valence-corrected chi connectivity index (χ0v) is 9.50. The van der Waals surface area contributed by atoms with Crippen LogP contribution >= 0.6 is 11.8 Å². The third kappa shape index (κ3) is 6.74. The molecule has 0 spiro atoms. The predicted molar refractivity (Wildman–Crippen MR) is 59.9 cm³/mol. The summed E-state index contributed by atoms with van der Waals surface area (Å²) < 4.78 is 0.